The number of hydrogen-bond acceptors (Lipinski definition) is 4. The summed E-state index contributed by atoms with van der Waals surface area (Å²) in [6.45, 7) is 1.94. The maximum Gasteiger partial charge on any atom is 0.300 e. The number of nitrogens with zero attached hydrogens (tertiary/aromatic N) is 1. The number of aliphatic hydroxyl groups is 1. The van der Waals surface area contributed by atoms with Crippen molar-refractivity contribution in [3.8, 4) is 5.75 Å². The highest BCUT2D eigenvalue weighted by Gasteiger charge is 2.46. The Morgan fingerprint density at radius 1 is 0.933 bits per heavy atom. The number of methoxy groups -OCH3 is 1. The maximum absolute atomic E-state index is 13.1. The van der Waals surface area contributed by atoms with E-state index in [4.69, 9.17) is 4.74 Å². The smallest absolute Gasteiger partial charge is 0.300 e. The van der Waals surface area contributed by atoms with Crippen LogP contribution in [0.15, 0.2) is 84.4 Å². The third-order valence-electron chi connectivity index (χ3n) is 5.22. The lowest BCUT2D eigenvalue weighted by Gasteiger charge is -2.25. The van der Waals surface area contributed by atoms with Crippen LogP contribution in [0.1, 0.15) is 22.7 Å². The molecule has 0 aliphatic carbocycles. The Bertz CT molecular complexity index is 1130. The monoisotopic (exact) mass is 399 g/mol. The quantitative estimate of drug-likeness (QED) is 0.395. The van der Waals surface area contributed by atoms with Crippen molar-refractivity contribution in [3.05, 3.63) is 101 Å². The number of rotatable bonds is 4. The van der Waals surface area contributed by atoms with Crippen LogP contribution < -0.4 is 9.64 Å². The van der Waals surface area contributed by atoms with Crippen LogP contribution in [0, 0.1) is 6.92 Å². The summed E-state index contributed by atoms with van der Waals surface area (Å²) < 4.78 is 5.29. The molecule has 1 unspecified atom stereocenters. The minimum absolute atomic E-state index is 0.0675. The summed E-state index contributed by atoms with van der Waals surface area (Å²) in [6.07, 6.45) is 0. The van der Waals surface area contributed by atoms with Gasteiger partial charge in [-0.15, -0.1) is 0 Å². The van der Waals surface area contributed by atoms with Gasteiger partial charge in [-0.2, -0.15) is 0 Å². The summed E-state index contributed by atoms with van der Waals surface area (Å²) in [5.41, 5.74) is 2.84. The normalized spacial score (nSPS) is 17.9. The number of Topliss-reactive ketones (excluding diaryl/α,β-unsaturated/α-hetero) is 1. The molecule has 1 N–H and O–H groups in total. The molecule has 0 bridgehead atoms. The molecule has 1 saturated heterocycles. The fourth-order valence-electron chi connectivity index (χ4n) is 3.68. The Hall–Kier alpha value is -3.86. The molecule has 0 radical (unpaired) electrons. The first-order valence-electron chi connectivity index (χ1n) is 9.58. The van der Waals surface area contributed by atoms with E-state index in [1.54, 1.807) is 43.5 Å². The second kappa shape index (κ2) is 7.87. The molecule has 5 heteroatoms. The summed E-state index contributed by atoms with van der Waals surface area (Å²) in [6, 6.07) is 22.6. The lowest BCUT2D eigenvalue weighted by Crippen LogP contribution is -2.29. The molecule has 5 nitrogen and oxygen atoms in total. The molecule has 150 valence electrons. The molecule has 3 aromatic rings. The van der Waals surface area contributed by atoms with Gasteiger partial charge in [-0.05, 0) is 24.6 Å². The fourth-order valence-corrected chi connectivity index (χ4v) is 3.68. The summed E-state index contributed by atoms with van der Waals surface area (Å²) in [7, 11) is 1.54. The first-order valence-corrected chi connectivity index (χ1v) is 9.58. The topological polar surface area (TPSA) is 66.8 Å². The van der Waals surface area contributed by atoms with E-state index >= 15 is 0 Å². The lowest BCUT2D eigenvalue weighted by molar-refractivity contribution is -0.132. The highest BCUT2D eigenvalue weighted by atomic mass is 16.5. The molecule has 4 rings (SSSR count). The number of hydrogen-bond donors (Lipinski definition) is 1. The van der Waals surface area contributed by atoms with Crippen molar-refractivity contribution in [3.63, 3.8) is 0 Å². The molecule has 0 saturated carbocycles. The molecule has 1 aliphatic rings. The van der Waals surface area contributed by atoms with Crippen molar-refractivity contribution in [2.45, 2.75) is 13.0 Å². The third-order valence-corrected chi connectivity index (χ3v) is 5.22. The van der Waals surface area contributed by atoms with E-state index in [1.807, 2.05) is 49.4 Å². The Morgan fingerprint density at radius 2 is 1.63 bits per heavy atom. The molecule has 1 atom stereocenters. The van der Waals surface area contributed by atoms with Gasteiger partial charge in [0.25, 0.3) is 11.7 Å². The highest BCUT2D eigenvalue weighted by Crippen LogP contribution is 2.42. The van der Waals surface area contributed by atoms with Gasteiger partial charge in [0.15, 0.2) is 0 Å². The number of benzene rings is 3. The third kappa shape index (κ3) is 3.35. The fraction of sp³-hybridized carbons (Fsp3) is 0.120. The highest BCUT2D eigenvalue weighted by molar-refractivity contribution is 6.51. The number of amides is 1. The van der Waals surface area contributed by atoms with Gasteiger partial charge < -0.3 is 9.84 Å². The predicted octanol–water partition coefficient (Wildman–Crippen LogP) is 4.63. The van der Waals surface area contributed by atoms with Gasteiger partial charge in [-0.25, -0.2) is 0 Å². The van der Waals surface area contributed by atoms with E-state index in [1.165, 1.54) is 4.90 Å². The average molecular weight is 399 g/mol. The van der Waals surface area contributed by atoms with Crippen LogP contribution in [0.5, 0.6) is 5.75 Å². The standard InChI is InChI=1S/C25H21NO4/c1-16-11-13-18(14-12-16)23(27)21-22(17-7-4-3-5-8-17)26(25(29)24(21)28)19-9-6-10-20(15-19)30-2/h3-15,22,27H,1-2H3/b23-21+. The van der Waals surface area contributed by atoms with Crippen LogP contribution in [0.2, 0.25) is 0 Å². The van der Waals surface area contributed by atoms with Crippen LogP contribution in [0.4, 0.5) is 5.69 Å². The van der Waals surface area contributed by atoms with Crippen molar-refractivity contribution in [1.29, 1.82) is 0 Å². The largest absolute Gasteiger partial charge is 0.507 e. The Labute approximate surface area is 174 Å². The first kappa shape index (κ1) is 19.5. The van der Waals surface area contributed by atoms with Gasteiger partial charge in [0.2, 0.25) is 0 Å². The molecular weight excluding hydrogens is 378 g/mol. The molecule has 1 heterocycles. The van der Waals surface area contributed by atoms with Crippen molar-refractivity contribution >= 4 is 23.1 Å². The zero-order valence-electron chi connectivity index (χ0n) is 16.7. The Morgan fingerprint density at radius 3 is 2.30 bits per heavy atom. The van der Waals surface area contributed by atoms with Crippen molar-refractivity contribution in [2.75, 3.05) is 12.0 Å². The van der Waals surface area contributed by atoms with Crippen LogP contribution in [0.25, 0.3) is 5.76 Å². The molecule has 3 aromatic carbocycles. The number of ether oxygens (including phenoxy) is 1. The first-order chi connectivity index (χ1) is 14.5. The number of ketones is 1. The van der Waals surface area contributed by atoms with E-state index in [2.05, 4.69) is 0 Å². The van der Waals surface area contributed by atoms with Crippen LogP contribution in [-0.4, -0.2) is 23.9 Å². The zero-order valence-corrected chi connectivity index (χ0v) is 16.7. The molecule has 1 fully saturated rings. The molecular formula is C25H21NO4. The summed E-state index contributed by atoms with van der Waals surface area (Å²) in [5.74, 6) is -1.03. The average Bonchev–Trinajstić information content (AvgIpc) is 3.05. The Balaban J connectivity index is 1.93. The van der Waals surface area contributed by atoms with E-state index in [0.717, 1.165) is 11.1 Å². The number of aryl methyl sites for hydroxylation is 1. The second-order valence-corrected chi connectivity index (χ2v) is 7.15. The summed E-state index contributed by atoms with van der Waals surface area (Å²) in [5, 5.41) is 11.1. The minimum atomic E-state index is -0.750. The Kier molecular flexibility index (Phi) is 5.11. The molecule has 1 amide bonds. The van der Waals surface area contributed by atoms with Crippen molar-refractivity contribution in [1.82, 2.24) is 0 Å². The number of carbonyl (C=O) groups is 2. The number of anilines is 1. The van der Waals surface area contributed by atoms with Gasteiger partial charge >= 0.3 is 0 Å². The van der Waals surface area contributed by atoms with E-state index in [9.17, 15) is 14.7 Å². The van der Waals surface area contributed by atoms with E-state index < -0.39 is 17.7 Å². The predicted molar refractivity (Wildman–Crippen MR) is 115 cm³/mol. The number of carbonyl (C=O) groups excluding carboxylic acids is 2. The minimum Gasteiger partial charge on any atom is -0.507 e. The zero-order chi connectivity index (χ0) is 21.3. The van der Waals surface area contributed by atoms with Gasteiger partial charge in [-0.3, -0.25) is 14.5 Å². The maximum atomic E-state index is 13.1. The van der Waals surface area contributed by atoms with E-state index in [0.29, 0.717) is 17.0 Å². The molecule has 0 spiro atoms. The summed E-state index contributed by atoms with van der Waals surface area (Å²) >= 11 is 0. The second-order valence-electron chi connectivity index (χ2n) is 7.15. The van der Waals surface area contributed by atoms with Gasteiger partial charge in [0, 0.05) is 17.3 Å². The molecule has 30 heavy (non-hydrogen) atoms. The van der Waals surface area contributed by atoms with Gasteiger partial charge in [0.1, 0.15) is 11.5 Å². The van der Waals surface area contributed by atoms with Gasteiger partial charge in [-0.1, -0.05) is 66.2 Å². The van der Waals surface area contributed by atoms with E-state index in [-0.39, 0.29) is 11.3 Å². The molecule has 1 aliphatic heterocycles. The van der Waals surface area contributed by atoms with Crippen LogP contribution in [-0.2, 0) is 9.59 Å². The van der Waals surface area contributed by atoms with Gasteiger partial charge in [0.05, 0.1) is 18.7 Å². The van der Waals surface area contributed by atoms with Crippen molar-refractivity contribution < 1.29 is 19.4 Å². The van der Waals surface area contributed by atoms with Crippen LogP contribution >= 0.6 is 0 Å². The lowest BCUT2D eigenvalue weighted by atomic mass is 9.95. The SMILES string of the molecule is COc1cccc(N2C(=O)C(=O)/C(=C(/O)c3ccc(C)cc3)C2c2ccccc2)c1. The van der Waals surface area contributed by atoms with Crippen molar-refractivity contribution in [2.24, 2.45) is 0 Å². The summed E-state index contributed by atoms with van der Waals surface area (Å²) in [4.78, 5) is 27.6. The molecule has 0 aromatic heterocycles. The van der Waals surface area contributed by atoms with Crippen LogP contribution in [0.3, 0.4) is 0 Å². The number of aliphatic hydroxyl groups excluding tert-OH is 1.